The number of carbonyl (C=O) groups is 1. The van der Waals surface area contributed by atoms with E-state index in [9.17, 15) is 9.90 Å². The minimum atomic E-state index is -1.06. The maximum absolute atomic E-state index is 11.3. The summed E-state index contributed by atoms with van der Waals surface area (Å²) in [7, 11) is 0. The first-order valence-corrected chi connectivity index (χ1v) is 8.18. The normalized spacial score (nSPS) is 16.5. The molecule has 1 N–H and O–H groups in total. The summed E-state index contributed by atoms with van der Waals surface area (Å²) < 4.78 is 1.92. The lowest BCUT2D eigenvalue weighted by molar-refractivity contribution is 0.0691. The van der Waals surface area contributed by atoms with Gasteiger partial charge in [0, 0.05) is 0 Å². The number of halogens is 1. The molecular weight excluding hydrogens is 302 g/mol. The maximum atomic E-state index is 11.3. The van der Waals surface area contributed by atoms with E-state index in [0.717, 1.165) is 23.9 Å². The van der Waals surface area contributed by atoms with Crippen molar-refractivity contribution in [2.45, 2.75) is 57.9 Å². The van der Waals surface area contributed by atoms with E-state index in [1.807, 2.05) is 4.68 Å². The first kappa shape index (κ1) is 15.3. The zero-order valence-corrected chi connectivity index (χ0v) is 13.6. The number of hydrogen-bond donors (Lipinski definition) is 1. The molecule has 2 heterocycles. The minimum absolute atomic E-state index is 0.0234. The zero-order chi connectivity index (χ0) is 15.9. The molecule has 22 heavy (non-hydrogen) atoms. The molecule has 0 saturated heterocycles. The highest BCUT2D eigenvalue weighted by Crippen LogP contribution is 2.35. The summed E-state index contributed by atoms with van der Waals surface area (Å²) in [6, 6.07) is 1.71. The number of carboxylic acids is 1. The summed E-state index contributed by atoms with van der Waals surface area (Å²) >= 11 is 6.35. The fraction of sp³-hybridized carbons (Fsp3) is 0.562. The Kier molecular flexibility index (Phi) is 4.08. The summed E-state index contributed by atoms with van der Waals surface area (Å²) in [5.74, 6) is -0.853. The molecule has 0 aromatic carbocycles. The molecule has 1 saturated carbocycles. The van der Waals surface area contributed by atoms with Crippen molar-refractivity contribution in [3.05, 3.63) is 22.5 Å². The van der Waals surface area contributed by atoms with Gasteiger partial charge in [0.2, 0.25) is 0 Å². The van der Waals surface area contributed by atoms with Gasteiger partial charge >= 0.3 is 5.97 Å². The van der Waals surface area contributed by atoms with Crippen molar-refractivity contribution >= 4 is 28.6 Å². The molecular formula is C16H20ClN3O2. The van der Waals surface area contributed by atoms with Crippen molar-refractivity contribution in [2.75, 3.05) is 0 Å². The molecule has 118 valence electrons. The number of fused-ring (bicyclic) bond motifs is 1. The molecule has 0 radical (unpaired) electrons. The van der Waals surface area contributed by atoms with Crippen LogP contribution in [0.5, 0.6) is 0 Å². The molecule has 0 amide bonds. The van der Waals surface area contributed by atoms with E-state index in [-0.39, 0.29) is 17.7 Å². The third kappa shape index (κ3) is 2.58. The highest BCUT2D eigenvalue weighted by molar-refractivity contribution is 6.35. The van der Waals surface area contributed by atoms with Crippen molar-refractivity contribution in [1.82, 2.24) is 14.8 Å². The molecule has 6 heteroatoms. The summed E-state index contributed by atoms with van der Waals surface area (Å²) in [5.41, 5.74) is 1.49. The van der Waals surface area contributed by atoms with E-state index in [4.69, 9.17) is 16.7 Å². The quantitative estimate of drug-likeness (QED) is 0.909. The average Bonchev–Trinajstić information content (AvgIpc) is 2.88. The SMILES string of the molecule is CC(C)c1nn(C2CCCCC2)c2nc(C(=O)O)cc(Cl)c12. The lowest BCUT2D eigenvalue weighted by Crippen LogP contribution is -2.15. The molecule has 0 bridgehead atoms. The average molecular weight is 322 g/mol. The van der Waals surface area contributed by atoms with Crippen LogP contribution in [-0.4, -0.2) is 25.8 Å². The Morgan fingerprint density at radius 3 is 2.64 bits per heavy atom. The molecule has 1 fully saturated rings. The predicted octanol–water partition coefficient (Wildman–Crippen LogP) is 4.41. The van der Waals surface area contributed by atoms with Crippen LogP contribution < -0.4 is 0 Å². The van der Waals surface area contributed by atoms with Gasteiger partial charge in [0.15, 0.2) is 11.3 Å². The zero-order valence-electron chi connectivity index (χ0n) is 12.8. The molecule has 0 unspecified atom stereocenters. The number of aromatic nitrogens is 3. The van der Waals surface area contributed by atoms with Gasteiger partial charge in [-0.2, -0.15) is 5.10 Å². The smallest absolute Gasteiger partial charge is 0.354 e. The highest BCUT2D eigenvalue weighted by Gasteiger charge is 2.25. The lowest BCUT2D eigenvalue weighted by Gasteiger charge is -2.22. The van der Waals surface area contributed by atoms with Crippen LogP contribution in [0.2, 0.25) is 5.02 Å². The Morgan fingerprint density at radius 2 is 2.05 bits per heavy atom. The van der Waals surface area contributed by atoms with Gasteiger partial charge in [0.05, 0.1) is 22.1 Å². The van der Waals surface area contributed by atoms with Crippen molar-refractivity contribution in [1.29, 1.82) is 0 Å². The van der Waals surface area contributed by atoms with Crippen molar-refractivity contribution in [3.8, 4) is 0 Å². The van der Waals surface area contributed by atoms with Gasteiger partial charge < -0.3 is 5.11 Å². The topological polar surface area (TPSA) is 68.0 Å². The molecule has 3 rings (SSSR count). The van der Waals surface area contributed by atoms with Crippen molar-refractivity contribution < 1.29 is 9.90 Å². The van der Waals surface area contributed by atoms with E-state index in [1.165, 1.54) is 25.3 Å². The Balaban J connectivity index is 2.23. The van der Waals surface area contributed by atoms with Gasteiger partial charge in [0.1, 0.15) is 0 Å². The number of carboxylic acid groups (broad SMARTS) is 1. The third-order valence-electron chi connectivity index (χ3n) is 4.33. The van der Waals surface area contributed by atoms with E-state index in [1.54, 1.807) is 0 Å². The van der Waals surface area contributed by atoms with Gasteiger partial charge in [-0.05, 0) is 24.8 Å². The second kappa shape index (κ2) is 5.88. The Labute approximate surface area is 134 Å². The molecule has 0 spiro atoms. The summed E-state index contributed by atoms with van der Waals surface area (Å²) in [4.78, 5) is 15.6. The molecule has 1 aliphatic rings. The fourth-order valence-corrected chi connectivity index (χ4v) is 3.50. The number of pyridine rings is 1. The second-order valence-electron chi connectivity index (χ2n) is 6.27. The van der Waals surface area contributed by atoms with Crippen molar-refractivity contribution in [3.63, 3.8) is 0 Å². The van der Waals surface area contributed by atoms with E-state index in [2.05, 4.69) is 18.8 Å². The number of nitrogens with zero attached hydrogens (tertiary/aromatic N) is 3. The van der Waals surface area contributed by atoms with Crippen LogP contribution in [-0.2, 0) is 0 Å². The molecule has 0 atom stereocenters. The Morgan fingerprint density at radius 1 is 1.36 bits per heavy atom. The fourth-order valence-electron chi connectivity index (χ4n) is 3.21. The summed E-state index contributed by atoms with van der Waals surface area (Å²) in [5, 5.41) is 15.2. The minimum Gasteiger partial charge on any atom is -0.477 e. The standard InChI is InChI=1S/C16H20ClN3O2/c1-9(2)14-13-11(17)8-12(16(21)22)18-15(13)20(19-14)10-6-4-3-5-7-10/h8-10H,3-7H2,1-2H3,(H,21,22). The summed E-state index contributed by atoms with van der Waals surface area (Å²) in [6.45, 7) is 4.13. The van der Waals surface area contributed by atoms with Gasteiger partial charge in [-0.15, -0.1) is 0 Å². The second-order valence-corrected chi connectivity index (χ2v) is 6.68. The molecule has 0 aliphatic heterocycles. The molecule has 2 aromatic rings. The first-order valence-electron chi connectivity index (χ1n) is 7.81. The Hall–Kier alpha value is -1.62. The van der Waals surface area contributed by atoms with Gasteiger partial charge in [0.25, 0.3) is 0 Å². The monoisotopic (exact) mass is 321 g/mol. The third-order valence-corrected chi connectivity index (χ3v) is 4.63. The van der Waals surface area contributed by atoms with Gasteiger partial charge in [-0.25, -0.2) is 14.5 Å². The number of aromatic carboxylic acids is 1. The van der Waals surface area contributed by atoms with Crippen LogP contribution in [0.3, 0.4) is 0 Å². The summed E-state index contributed by atoms with van der Waals surface area (Å²) in [6.07, 6.45) is 5.72. The van der Waals surface area contributed by atoms with Crippen LogP contribution in [0.25, 0.3) is 11.0 Å². The predicted molar refractivity (Wildman–Crippen MR) is 85.7 cm³/mol. The van der Waals surface area contributed by atoms with Gasteiger partial charge in [-0.3, -0.25) is 0 Å². The van der Waals surface area contributed by atoms with Gasteiger partial charge in [-0.1, -0.05) is 44.7 Å². The largest absolute Gasteiger partial charge is 0.477 e. The number of hydrogen-bond acceptors (Lipinski definition) is 3. The lowest BCUT2D eigenvalue weighted by atomic mass is 9.96. The van der Waals surface area contributed by atoms with E-state index in [0.29, 0.717) is 10.7 Å². The van der Waals surface area contributed by atoms with Crippen LogP contribution in [0, 0.1) is 0 Å². The van der Waals surface area contributed by atoms with E-state index >= 15 is 0 Å². The molecule has 1 aliphatic carbocycles. The van der Waals surface area contributed by atoms with Crippen LogP contribution >= 0.6 is 11.6 Å². The van der Waals surface area contributed by atoms with E-state index < -0.39 is 5.97 Å². The molecule has 5 nitrogen and oxygen atoms in total. The van der Waals surface area contributed by atoms with Crippen LogP contribution in [0.1, 0.15) is 74.1 Å². The number of rotatable bonds is 3. The maximum Gasteiger partial charge on any atom is 0.354 e. The highest BCUT2D eigenvalue weighted by atomic mass is 35.5. The van der Waals surface area contributed by atoms with Crippen LogP contribution in [0.15, 0.2) is 6.07 Å². The first-order chi connectivity index (χ1) is 10.5. The Bertz CT molecular complexity index is 718. The van der Waals surface area contributed by atoms with Crippen LogP contribution in [0.4, 0.5) is 0 Å². The van der Waals surface area contributed by atoms with Crippen molar-refractivity contribution in [2.24, 2.45) is 0 Å². The molecule has 2 aromatic heterocycles.